The molecule has 0 radical (unpaired) electrons. The van der Waals surface area contributed by atoms with Gasteiger partial charge in [-0.05, 0) is 29.8 Å². The molecule has 110 valence electrons. The van der Waals surface area contributed by atoms with Crippen LogP contribution in [0.25, 0.3) is 0 Å². The van der Waals surface area contributed by atoms with E-state index in [1.807, 2.05) is 18.2 Å². The van der Waals surface area contributed by atoms with Gasteiger partial charge in [0.25, 0.3) is 5.91 Å². The van der Waals surface area contributed by atoms with Crippen molar-refractivity contribution in [1.82, 2.24) is 4.90 Å². The van der Waals surface area contributed by atoms with Gasteiger partial charge in [-0.2, -0.15) is 0 Å². The first-order chi connectivity index (χ1) is 10.0. The van der Waals surface area contributed by atoms with E-state index in [4.69, 9.17) is 27.9 Å². The summed E-state index contributed by atoms with van der Waals surface area (Å²) in [6.07, 6.45) is 0. The highest BCUT2D eigenvalue weighted by Crippen LogP contribution is 2.25. The zero-order valence-electron chi connectivity index (χ0n) is 11.8. The smallest absolute Gasteiger partial charge is 0.257 e. The Labute approximate surface area is 134 Å². The van der Waals surface area contributed by atoms with Gasteiger partial charge < -0.3 is 9.64 Å². The van der Waals surface area contributed by atoms with Crippen molar-refractivity contribution in [2.45, 2.75) is 6.54 Å². The first-order valence-corrected chi connectivity index (χ1v) is 7.11. The van der Waals surface area contributed by atoms with Crippen LogP contribution in [0.5, 0.6) is 5.75 Å². The van der Waals surface area contributed by atoms with E-state index in [0.29, 0.717) is 27.9 Å². The Balaban J connectivity index is 2.24. The lowest BCUT2D eigenvalue weighted by Crippen LogP contribution is -2.26. The van der Waals surface area contributed by atoms with Crippen LogP contribution in [0.3, 0.4) is 0 Å². The Morgan fingerprint density at radius 1 is 1.19 bits per heavy atom. The Bertz CT molecular complexity index is 658. The summed E-state index contributed by atoms with van der Waals surface area (Å²) in [4.78, 5) is 14.1. The van der Waals surface area contributed by atoms with E-state index in [0.717, 1.165) is 5.56 Å². The Kier molecular flexibility index (Phi) is 5.10. The van der Waals surface area contributed by atoms with Gasteiger partial charge in [0.15, 0.2) is 0 Å². The van der Waals surface area contributed by atoms with Gasteiger partial charge in [-0.3, -0.25) is 4.79 Å². The van der Waals surface area contributed by atoms with Crippen molar-refractivity contribution < 1.29 is 9.53 Å². The number of hydrogen-bond donors (Lipinski definition) is 0. The lowest BCUT2D eigenvalue weighted by atomic mass is 10.1. The van der Waals surface area contributed by atoms with Gasteiger partial charge in [-0.25, -0.2) is 0 Å². The molecule has 0 N–H and O–H groups in total. The summed E-state index contributed by atoms with van der Waals surface area (Å²) >= 11 is 12.1. The molecule has 0 heterocycles. The van der Waals surface area contributed by atoms with E-state index >= 15 is 0 Å². The monoisotopic (exact) mass is 323 g/mol. The minimum absolute atomic E-state index is 0.172. The van der Waals surface area contributed by atoms with Crippen LogP contribution in [0, 0.1) is 0 Å². The summed E-state index contributed by atoms with van der Waals surface area (Å²) in [7, 11) is 3.24. The van der Waals surface area contributed by atoms with Crippen molar-refractivity contribution in [1.29, 1.82) is 0 Å². The normalized spacial score (nSPS) is 10.3. The van der Waals surface area contributed by atoms with Crippen LogP contribution in [0.15, 0.2) is 42.5 Å². The minimum atomic E-state index is -0.172. The van der Waals surface area contributed by atoms with Gasteiger partial charge in [-0.15, -0.1) is 0 Å². The van der Waals surface area contributed by atoms with E-state index in [2.05, 4.69) is 0 Å². The second-order valence-corrected chi connectivity index (χ2v) is 5.44. The highest BCUT2D eigenvalue weighted by atomic mass is 35.5. The molecule has 0 saturated heterocycles. The number of halogens is 2. The largest absolute Gasteiger partial charge is 0.496 e. The zero-order valence-corrected chi connectivity index (χ0v) is 13.3. The van der Waals surface area contributed by atoms with Gasteiger partial charge in [0.1, 0.15) is 5.75 Å². The SMILES string of the molecule is COc1ccc(Cl)cc1C(=O)N(C)Cc1ccccc1Cl. The van der Waals surface area contributed by atoms with E-state index < -0.39 is 0 Å². The lowest BCUT2D eigenvalue weighted by molar-refractivity contribution is 0.0782. The summed E-state index contributed by atoms with van der Waals surface area (Å²) in [6.45, 7) is 0.411. The second-order valence-electron chi connectivity index (χ2n) is 4.60. The lowest BCUT2D eigenvalue weighted by Gasteiger charge is -2.19. The molecule has 2 aromatic rings. The number of ether oxygens (including phenoxy) is 1. The molecule has 0 aliphatic rings. The Hall–Kier alpha value is -1.71. The molecule has 0 spiro atoms. The maximum absolute atomic E-state index is 12.5. The fourth-order valence-corrected chi connectivity index (χ4v) is 2.37. The number of hydrogen-bond acceptors (Lipinski definition) is 2. The van der Waals surface area contributed by atoms with Gasteiger partial charge in [0.2, 0.25) is 0 Å². The fraction of sp³-hybridized carbons (Fsp3) is 0.188. The van der Waals surface area contributed by atoms with Gasteiger partial charge in [0.05, 0.1) is 12.7 Å². The molecule has 2 aromatic carbocycles. The van der Waals surface area contributed by atoms with Crippen LogP contribution in [0.4, 0.5) is 0 Å². The summed E-state index contributed by atoms with van der Waals surface area (Å²) in [6, 6.07) is 12.4. The van der Waals surface area contributed by atoms with Crippen molar-refractivity contribution in [3.05, 3.63) is 63.6 Å². The molecular formula is C16H15Cl2NO2. The number of methoxy groups -OCH3 is 1. The molecule has 1 amide bonds. The maximum atomic E-state index is 12.5. The van der Waals surface area contributed by atoms with E-state index in [-0.39, 0.29) is 5.91 Å². The average Bonchev–Trinajstić information content (AvgIpc) is 2.48. The summed E-state index contributed by atoms with van der Waals surface area (Å²) < 4.78 is 5.21. The van der Waals surface area contributed by atoms with E-state index in [1.165, 1.54) is 7.11 Å². The Morgan fingerprint density at radius 2 is 1.90 bits per heavy atom. The number of nitrogens with zero attached hydrogens (tertiary/aromatic N) is 1. The van der Waals surface area contributed by atoms with Crippen molar-refractivity contribution in [3.63, 3.8) is 0 Å². The highest BCUT2D eigenvalue weighted by Gasteiger charge is 2.18. The summed E-state index contributed by atoms with van der Waals surface area (Å²) in [5, 5.41) is 1.13. The molecule has 3 nitrogen and oxygen atoms in total. The van der Waals surface area contributed by atoms with Crippen LogP contribution in [0.1, 0.15) is 15.9 Å². The second kappa shape index (κ2) is 6.83. The third kappa shape index (κ3) is 3.69. The zero-order chi connectivity index (χ0) is 15.4. The van der Waals surface area contributed by atoms with Gasteiger partial charge in [-0.1, -0.05) is 41.4 Å². The van der Waals surface area contributed by atoms with Crippen LogP contribution in [0.2, 0.25) is 10.0 Å². The molecule has 0 aromatic heterocycles. The molecule has 0 aliphatic carbocycles. The van der Waals surface area contributed by atoms with Gasteiger partial charge in [0, 0.05) is 23.6 Å². The van der Waals surface area contributed by atoms with Crippen molar-refractivity contribution in [2.75, 3.05) is 14.2 Å². The first-order valence-electron chi connectivity index (χ1n) is 6.35. The molecular weight excluding hydrogens is 309 g/mol. The summed E-state index contributed by atoms with van der Waals surface area (Å²) in [5.74, 6) is 0.324. The topological polar surface area (TPSA) is 29.5 Å². The molecule has 0 aliphatic heterocycles. The fourth-order valence-electron chi connectivity index (χ4n) is 2.01. The molecule has 2 rings (SSSR count). The predicted octanol–water partition coefficient (Wildman–Crippen LogP) is 4.27. The molecule has 5 heteroatoms. The summed E-state index contributed by atoms with van der Waals surface area (Å²) in [5.41, 5.74) is 1.32. The minimum Gasteiger partial charge on any atom is -0.496 e. The van der Waals surface area contributed by atoms with Crippen LogP contribution in [-0.4, -0.2) is 25.0 Å². The molecule has 0 bridgehead atoms. The number of rotatable bonds is 4. The third-order valence-electron chi connectivity index (χ3n) is 3.10. The number of amides is 1. The van der Waals surface area contributed by atoms with Crippen LogP contribution < -0.4 is 4.74 Å². The van der Waals surface area contributed by atoms with Crippen molar-refractivity contribution in [3.8, 4) is 5.75 Å². The van der Waals surface area contributed by atoms with E-state index in [1.54, 1.807) is 36.2 Å². The van der Waals surface area contributed by atoms with Crippen molar-refractivity contribution >= 4 is 29.1 Å². The van der Waals surface area contributed by atoms with E-state index in [9.17, 15) is 4.79 Å². The first kappa shape index (κ1) is 15.7. The third-order valence-corrected chi connectivity index (χ3v) is 3.71. The Morgan fingerprint density at radius 3 is 2.57 bits per heavy atom. The molecule has 21 heavy (non-hydrogen) atoms. The standard InChI is InChI=1S/C16H15Cl2NO2/c1-19(10-11-5-3-4-6-14(11)18)16(20)13-9-12(17)7-8-15(13)21-2/h3-9H,10H2,1-2H3. The average molecular weight is 324 g/mol. The number of benzene rings is 2. The molecule has 0 unspecified atom stereocenters. The van der Waals surface area contributed by atoms with Crippen LogP contribution >= 0.6 is 23.2 Å². The quantitative estimate of drug-likeness (QED) is 0.840. The predicted molar refractivity (Wildman–Crippen MR) is 85.3 cm³/mol. The maximum Gasteiger partial charge on any atom is 0.257 e. The molecule has 0 fully saturated rings. The molecule has 0 atom stereocenters. The number of carbonyl (C=O) groups excluding carboxylic acids is 1. The highest BCUT2D eigenvalue weighted by molar-refractivity contribution is 6.31. The van der Waals surface area contributed by atoms with Gasteiger partial charge >= 0.3 is 0 Å². The van der Waals surface area contributed by atoms with Crippen molar-refractivity contribution in [2.24, 2.45) is 0 Å². The van der Waals surface area contributed by atoms with Crippen LogP contribution in [-0.2, 0) is 6.54 Å². The molecule has 0 saturated carbocycles. The number of carbonyl (C=O) groups is 1.